The highest BCUT2D eigenvalue weighted by Gasteiger charge is 2.27. The van der Waals surface area contributed by atoms with Crippen molar-refractivity contribution >= 4 is 27.3 Å². The molecule has 0 atom stereocenters. The summed E-state index contributed by atoms with van der Waals surface area (Å²) >= 11 is 0. The first-order valence-corrected chi connectivity index (χ1v) is 10.7. The molecule has 0 saturated heterocycles. The number of hydrogen-bond donors (Lipinski definition) is 1. The molecule has 3 aromatic carbocycles. The lowest BCUT2D eigenvalue weighted by Crippen LogP contribution is -2.38. The molecule has 0 radical (unpaired) electrons. The molecule has 0 heterocycles. The number of carbonyl (C=O) groups is 1. The number of nitrogens with one attached hydrogen (secondary N) is 1. The van der Waals surface area contributed by atoms with Crippen molar-refractivity contribution in [1.82, 2.24) is 0 Å². The molecule has 3 rings (SSSR count). The maximum absolute atomic E-state index is 13.3. The molecule has 1 N–H and O–H groups in total. The van der Waals surface area contributed by atoms with E-state index in [4.69, 9.17) is 0 Å². The fourth-order valence-electron chi connectivity index (χ4n) is 3.09. The summed E-state index contributed by atoms with van der Waals surface area (Å²) in [6.45, 7) is 5.44. The van der Waals surface area contributed by atoms with Gasteiger partial charge >= 0.3 is 0 Å². The lowest BCUT2D eigenvalue weighted by atomic mass is 10.1. The number of anilines is 2. The molecule has 5 nitrogen and oxygen atoms in total. The molecule has 6 heteroatoms. The van der Waals surface area contributed by atoms with E-state index < -0.39 is 15.9 Å². The van der Waals surface area contributed by atoms with E-state index in [-0.39, 0.29) is 11.4 Å². The Hall–Kier alpha value is -3.12. The SMILES string of the molecule is Cc1cccc(N(CC(=O)Nc2ccc(C)cc2C)S(=O)(=O)c2ccccc2)c1. The van der Waals surface area contributed by atoms with Crippen LogP contribution in [0.1, 0.15) is 16.7 Å². The summed E-state index contributed by atoms with van der Waals surface area (Å²) in [5.74, 6) is -0.405. The van der Waals surface area contributed by atoms with E-state index in [0.717, 1.165) is 21.0 Å². The van der Waals surface area contributed by atoms with Crippen molar-refractivity contribution in [3.63, 3.8) is 0 Å². The second-order valence-electron chi connectivity index (χ2n) is 7.03. The number of sulfonamides is 1. The molecule has 0 aliphatic carbocycles. The third-order valence-corrected chi connectivity index (χ3v) is 6.35. The maximum atomic E-state index is 13.3. The predicted molar refractivity (Wildman–Crippen MR) is 117 cm³/mol. The Bertz CT molecular complexity index is 1130. The molecule has 0 spiro atoms. The smallest absolute Gasteiger partial charge is 0.264 e. The second-order valence-corrected chi connectivity index (χ2v) is 8.89. The van der Waals surface area contributed by atoms with Crippen molar-refractivity contribution in [2.24, 2.45) is 0 Å². The Balaban J connectivity index is 1.94. The quantitative estimate of drug-likeness (QED) is 0.655. The molecule has 1 amide bonds. The monoisotopic (exact) mass is 408 g/mol. The molecule has 0 aromatic heterocycles. The zero-order valence-corrected chi connectivity index (χ0v) is 17.5. The van der Waals surface area contributed by atoms with E-state index in [9.17, 15) is 13.2 Å². The lowest BCUT2D eigenvalue weighted by molar-refractivity contribution is -0.114. The topological polar surface area (TPSA) is 66.5 Å². The van der Waals surface area contributed by atoms with Crippen molar-refractivity contribution in [3.8, 4) is 0 Å². The van der Waals surface area contributed by atoms with Crippen molar-refractivity contribution in [3.05, 3.63) is 89.5 Å². The summed E-state index contributed by atoms with van der Waals surface area (Å²) in [6, 6.07) is 20.9. The van der Waals surface area contributed by atoms with Gasteiger partial charge in [0.25, 0.3) is 10.0 Å². The minimum atomic E-state index is -3.90. The molecule has 29 heavy (non-hydrogen) atoms. The van der Waals surface area contributed by atoms with E-state index in [1.807, 2.05) is 45.0 Å². The van der Waals surface area contributed by atoms with Gasteiger partial charge in [-0.2, -0.15) is 0 Å². The van der Waals surface area contributed by atoms with Gasteiger partial charge in [0.05, 0.1) is 10.6 Å². The molecule has 0 aliphatic heterocycles. The van der Waals surface area contributed by atoms with Crippen LogP contribution >= 0.6 is 0 Å². The minimum Gasteiger partial charge on any atom is -0.324 e. The summed E-state index contributed by atoms with van der Waals surface area (Å²) in [6.07, 6.45) is 0. The fourth-order valence-corrected chi connectivity index (χ4v) is 4.53. The number of aryl methyl sites for hydroxylation is 3. The second kappa shape index (κ2) is 8.49. The summed E-state index contributed by atoms with van der Waals surface area (Å²) in [5, 5.41) is 2.83. The van der Waals surface area contributed by atoms with Crippen molar-refractivity contribution < 1.29 is 13.2 Å². The summed E-state index contributed by atoms with van der Waals surface area (Å²) < 4.78 is 27.7. The van der Waals surface area contributed by atoms with Gasteiger partial charge in [-0.1, -0.05) is 48.0 Å². The first-order valence-electron chi connectivity index (χ1n) is 9.29. The van der Waals surface area contributed by atoms with Crippen LogP contribution in [0.3, 0.4) is 0 Å². The van der Waals surface area contributed by atoms with Crippen molar-refractivity contribution in [2.45, 2.75) is 25.7 Å². The molecule has 0 saturated carbocycles. The van der Waals surface area contributed by atoms with Gasteiger partial charge in [-0.3, -0.25) is 9.10 Å². The maximum Gasteiger partial charge on any atom is 0.264 e. The molecular weight excluding hydrogens is 384 g/mol. The number of hydrogen-bond acceptors (Lipinski definition) is 3. The van der Waals surface area contributed by atoms with Crippen LogP contribution in [-0.2, 0) is 14.8 Å². The van der Waals surface area contributed by atoms with Gasteiger partial charge in [-0.15, -0.1) is 0 Å². The molecule has 0 unspecified atom stereocenters. The van der Waals surface area contributed by atoms with E-state index in [1.54, 1.807) is 36.4 Å². The van der Waals surface area contributed by atoms with E-state index >= 15 is 0 Å². The van der Waals surface area contributed by atoms with Gasteiger partial charge in [-0.25, -0.2) is 8.42 Å². The van der Waals surface area contributed by atoms with Gasteiger partial charge in [0.2, 0.25) is 5.91 Å². The number of amides is 1. The van der Waals surface area contributed by atoms with Crippen LogP contribution < -0.4 is 9.62 Å². The summed E-state index contributed by atoms with van der Waals surface area (Å²) in [7, 11) is -3.90. The standard InChI is InChI=1S/C23H24N2O3S/c1-17-8-7-9-20(15-17)25(29(27,28)21-10-5-4-6-11-21)16-23(26)24-22-13-12-18(2)14-19(22)3/h4-15H,16H2,1-3H3,(H,24,26). The largest absolute Gasteiger partial charge is 0.324 e. The number of nitrogens with zero attached hydrogens (tertiary/aromatic N) is 1. The van der Waals surface area contributed by atoms with E-state index in [2.05, 4.69) is 5.32 Å². The molecule has 0 fully saturated rings. The highest BCUT2D eigenvalue weighted by Crippen LogP contribution is 2.25. The summed E-state index contributed by atoms with van der Waals surface area (Å²) in [5.41, 5.74) is 4.04. The van der Waals surface area contributed by atoms with Crippen LogP contribution in [0.4, 0.5) is 11.4 Å². The predicted octanol–water partition coefficient (Wildman–Crippen LogP) is 4.45. The van der Waals surface area contributed by atoms with Gasteiger partial charge in [0, 0.05) is 5.69 Å². The minimum absolute atomic E-state index is 0.140. The van der Waals surface area contributed by atoms with Crippen LogP contribution in [0, 0.1) is 20.8 Å². The highest BCUT2D eigenvalue weighted by atomic mass is 32.2. The number of carbonyl (C=O) groups excluding carboxylic acids is 1. The third kappa shape index (κ3) is 4.84. The Morgan fingerprint density at radius 1 is 0.862 bits per heavy atom. The van der Waals surface area contributed by atoms with Crippen LogP contribution in [-0.4, -0.2) is 20.9 Å². The molecule has 0 bridgehead atoms. The average molecular weight is 409 g/mol. The molecular formula is C23H24N2O3S. The highest BCUT2D eigenvalue weighted by molar-refractivity contribution is 7.92. The fraction of sp³-hybridized carbons (Fsp3) is 0.174. The first-order chi connectivity index (χ1) is 13.8. The zero-order chi connectivity index (χ0) is 21.0. The van der Waals surface area contributed by atoms with Gasteiger partial charge in [-0.05, 0) is 62.2 Å². The van der Waals surface area contributed by atoms with Crippen molar-refractivity contribution in [1.29, 1.82) is 0 Å². The molecule has 0 aliphatic rings. The zero-order valence-electron chi connectivity index (χ0n) is 16.7. The molecule has 3 aromatic rings. The normalized spacial score (nSPS) is 11.1. The van der Waals surface area contributed by atoms with Gasteiger partial charge in [0.15, 0.2) is 0 Å². The Labute approximate surface area is 172 Å². The summed E-state index contributed by atoms with van der Waals surface area (Å²) in [4.78, 5) is 12.9. The number of benzene rings is 3. The molecule has 150 valence electrons. The third-order valence-electron chi connectivity index (χ3n) is 4.56. The first kappa shape index (κ1) is 20.6. The Morgan fingerprint density at radius 2 is 1.55 bits per heavy atom. The van der Waals surface area contributed by atoms with Crippen LogP contribution in [0.2, 0.25) is 0 Å². The van der Waals surface area contributed by atoms with Gasteiger partial charge in [0.1, 0.15) is 6.54 Å². The average Bonchev–Trinajstić information content (AvgIpc) is 2.69. The number of rotatable bonds is 6. The van der Waals surface area contributed by atoms with Crippen LogP contribution in [0.15, 0.2) is 77.7 Å². The van der Waals surface area contributed by atoms with Crippen LogP contribution in [0.25, 0.3) is 0 Å². The van der Waals surface area contributed by atoms with Crippen molar-refractivity contribution in [2.75, 3.05) is 16.2 Å². The van der Waals surface area contributed by atoms with Crippen LogP contribution in [0.5, 0.6) is 0 Å². The van der Waals surface area contributed by atoms with E-state index in [0.29, 0.717) is 11.4 Å². The Kier molecular flexibility index (Phi) is 6.03. The van der Waals surface area contributed by atoms with E-state index in [1.165, 1.54) is 12.1 Å². The van der Waals surface area contributed by atoms with Gasteiger partial charge < -0.3 is 5.32 Å². The Morgan fingerprint density at radius 3 is 2.21 bits per heavy atom. The lowest BCUT2D eigenvalue weighted by Gasteiger charge is -2.24.